The van der Waals surface area contributed by atoms with Crippen LogP contribution in [-0.4, -0.2) is 27.6 Å². The maximum atomic E-state index is 15.3. The second-order valence-electron chi connectivity index (χ2n) is 9.00. The van der Waals surface area contributed by atoms with Gasteiger partial charge in [0.05, 0.1) is 16.7 Å². The van der Waals surface area contributed by atoms with Crippen molar-refractivity contribution < 1.29 is 17.6 Å². The molecule has 0 aromatic heterocycles. The number of rotatable bonds is 8. The standard InChI is InChI=1S/C29H29FN4O3S/c1-34(22-12-8-11-21(17-22)28(31)32)27(19-9-4-3-5-10-19)29(35)33-25-16-15-20(18-24(25)30)23-13-6-7-14-26(23)38(2,36)37/h3-18,27-28H,31-32H2,1-2H3,(H,33,35). The van der Waals surface area contributed by atoms with Crippen molar-refractivity contribution in [2.24, 2.45) is 11.5 Å². The number of nitrogens with two attached hydrogens (primary N) is 2. The van der Waals surface area contributed by atoms with Gasteiger partial charge < -0.3 is 21.7 Å². The second kappa shape index (κ2) is 11.1. The average Bonchev–Trinajstić information content (AvgIpc) is 2.90. The van der Waals surface area contributed by atoms with Crippen LogP contribution >= 0.6 is 0 Å². The molecule has 1 atom stereocenters. The summed E-state index contributed by atoms with van der Waals surface area (Å²) in [5, 5.41) is 2.70. The van der Waals surface area contributed by atoms with Crippen molar-refractivity contribution in [2.75, 3.05) is 23.5 Å². The Morgan fingerprint density at radius 1 is 0.868 bits per heavy atom. The molecule has 0 aliphatic carbocycles. The summed E-state index contributed by atoms with van der Waals surface area (Å²) in [6, 6.07) is 26.2. The van der Waals surface area contributed by atoms with Gasteiger partial charge in [-0.1, -0.05) is 66.7 Å². The molecule has 0 spiro atoms. The van der Waals surface area contributed by atoms with Gasteiger partial charge in [0.15, 0.2) is 9.84 Å². The second-order valence-corrected chi connectivity index (χ2v) is 11.0. The highest BCUT2D eigenvalue weighted by Crippen LogP contribution is 2.32. The summed E-state index contributed by atoms with van der Waals surface area (Å²) in [5.41, 5.74) is 14.5. The monoisotopic (exact) mass is 532 g/mol. The topological polar surface area (TPSA) is 119 Å². The fourth-order valence-corrected chi connectivity index (χ4v) is 5.21. The number of hydrogen-bond donors (Lipinski definition) is 3. The van der Waals surface area contributed by atoms with E-state index in [0.29, 0.717) is 27.9 Å². The third kappa shape index (κ3) is 5.91. The van der Waals surface area contributed by atoms with Crippen LogP contribution in [-0.2, 0) is 14.6 Å². The molecular formula is C29H29FN4O3S. The smallest absolute Gasteiger partial charge is 0.251 e. The number of hydrogen-bond acceptors (Lipinski definition) is 6. The average molecular weight is 533 g/mol. The summed E-state index contributed by atoms with van der Waals surface area (Å²) in [4.78, 5) is 15.5. The molecule has 0 fully saturated rings. The molecule has 1 unspecified atom stereocenters. The highest BCUT2D eigenvalue weighted by Gasteiger charge is 2.27. The highest BCUT2D eigenvalue weighted by atomic mass is 32.2. The first-order chi connectivity index (χ1) is 18.1. The van der Waals surface area contributed by atoms with E-state index < -0.39 is 33.8 Å². The Hall–Kier alpha value is -4.05. The zero-order chi connectivity index (χ0) is 27.4. The molecule has 4 aromatic rings. The maximum absolute atomic E-state index is 15.3. The van der Waals surface area contributed by atoms with Crippen LogP contribution in [0.1, 0.15) is 23.3 Å². The molecule has 0 aliphatic rings. The molecule has 4 rings (SSSR count). The normalized spacial score (nSPS) is 12.3. The van der Waals surface area contributed by atoms with E-state index in [2.05, 4.69) is 5.32 Å². The Bertz CT molecular complexity index is 1560. The molecule has 0 aliphatic heterocycles. The molecule has 196 valence electrons. The Balaban J connectivity index is 1.67. The van der Waals surface area contributed by atoms with E-state index in [0.717, 1.165) is 6.26 Å². The van der Waals surface area contributed by atoms with E-state index in [4.69, 9.17) is 11.5 Å². The van der Waals surface area contributed by atoms with Gasteiger partial charge in [0.25, 0.3) is 5.91 Å². The van der Waals surface area contributed by atoms with Crippen molar-refractivity contribution in [2.45, 2.75) is 17.1 Å². The summed E-state index contributed by atoms with van der Waals surface area (Å²) >= 11 is 0. The van der Waals surface area contributed by atoms with E-state index in [1.807, 2.05) is 42.5 Å². The van der Waals surface area contributed by atoms with Crippen molar-refractivity contribution in [3.05, 3.63) is 114 Å². The third-order valence-corrected chi connectivity index (χ3v) is 7.39. The quantitative estimate of drug-likeness (QED) is 0.285. The van der Waals surface area contributed by atoms with E-state index in [-0.39, 0.29) is 10.6 Å². The van der Waals surface area contributed by atoms with Crippen molar-refractivity contribution in [1.82, 2.24) is 0 Å². The van der Waals surface area contributed by atoms with E-state index in [1.165, 1.54) is 18.2 Å². The minimum Gasteiger partial charge on any atom is -0.359 e. The molecular weight excluding hydrogens is 503 g/mol. The summed E-state index contributed by atoms with van der Waals surface area (Å²) in [7, 11) is -1.76. The number of sulfone groups is 1. The Morgan fingerprint density at radius 2 is 1.53 bits per heavy atom. The van der Waals surface area contributed by atoms with Gasteiger partial charge in [0.2, 0.25) is 0 Å². The number of carbonyl (C=O) groups excluding carboxylic acids is 1. The molecule has 0 saturated carbocycles. The Morgan fingerprint density at radius 3 is 2.18 bits per heavy atom. The lowest BCUT2D eigenvalue weighted by Gasteiger charge is -2.30. The van der Waals surface area contributed by atoms with Gasteiger partial charge in [0.1, 0.15) is 11.9 Å². The number of benzene rings is 4. The third-order valence-electron chi connectivity index (χ3n) is 6.24. The van der Waals surface area contributed by atoms with Crippen molar-refractivity contribution >= 4 is 27.1 Å². The lowest BCUT2D eigenvalue weighted by Crippen LogP contribution is -2.35. The van der Waals surface area contributed by atoms with E-state index in [9.17, 15) is 13.2 Å². The van der Waals surface area contributed by atoms with Crippen LogP contribution in [0.4, 0.5) is 15.8 Å². The maximum Gasteiger partial charge on any atom is 0.251 e. The number of nitrogens with one attached hydrogen (secondary N) is 1. The van der Waals surface area contributed by atoms with Gasteiger partial charge in [-0.25, -0.2) is 12.8 Å². The molecule has 4 aromatic carbocycles. The lowest BCUT2D eigenvalue weighted by atomic mass is 10.0. The predicted octanol–water partition coefficient (Wildman–Crippen LogP) is 4.63. The van der Waals surface area contributed by atoms with Crippen molar-refractivity contribution in [1.29, 1.82) is 0 Å². The van der Waals surface area contributed by atoms with Gasteiger partial charge in [-0.15, -0.1) is 0 Å². The Kier molecular flexibility index (Phi) is 7.91. The number of likely N-dealkylation sites (N-methyl/N-ethyl adjacent to an activating group) is 1. The van der Waals surface area contributed by atoms with Crippen molar-refractivity contribution in [3.63, 3.8) is 0 Å². The SMILES string of the molecule is CN(c1cccc(C(N)N)c1)C(C(=O)Nc1ccc(-c2ccccc2S(C)(=O)=O)cc1F)c1ccccc1. The zero-order valence-electron chi connectivity index (χ0n) is 21.0. The molecule has 0 saturated heterocycles. The predicted molar refractivity (Wildman–Crippen MR) is 149 cm³/mol. The molecule has 7 nitrogen and oxygen atoms in total. The first-order valence-electron chi connectivity index (χ1n) is 11.8. The van der Waals surface area contributed by atoms with Gasteiger partial charge in [-0.2, -0.15) is 0 Å². The number of anilines is 2. The molecule has 0 heterocycles. The van der Waals surface area contributed by atoms with Gasteiger partial charge in [-0.3, -0.25) is 4.79 Å². The van der Waals surface area contributed by atoms with Crippen LogP contribution in [0.5, 0.6) is 0 Å². The van der Waals surface area contributed by atoms with Gasteiger partial charge in [-0.05, 0) is 47.0 Å². The van der Waals surface area contributed by atoms with Crippen LogP contribution < -0.4 is 21.7 Å². The number of carbonyl (C=O) groups is 1. The van der Waals surface area contributed by atoms with Crippen LogP contribution in [0, 0.1) is 5.82 Å². The van der Waals surface area contributed by atoms with Crippen LogP contribution in [0.15, 0.2) is 102 Å². The summed E-state index contributed by atoms with van der Waals surface area (Å²) < 4.78 is 39.7. The fourth-order valence-electron chi connectivity index (χ4n) is 4.30. The van der Waals surface area contributed by atoms with Crippen molar-refractivity contribution in [3.8, 4) is 11.1 Å². The highest BCUT2D eigenvalue weighted by molar-refractivity contribution is 7.90. The van der Waals surface area contributed by atoms with Crippen LogP contribution in [0.2, 0.25) is 0 Å². The summed E-state index contributed by atoms with van der Waals surface area (Å²) in [6.45, 7) is 0. The largest absolute Gasteiger partial charge is 0.359 e. The summed E-state index contributed by atoms with van der Waals surface area (Å²) in [6.07, 6.45) is 0.432. The van der Waals surface area contributed by atoms with Crippen LogP contribution in [0.25, 0.3) is 11.1 Å². The molecule has 38 heavy (non-hydrogen) atoms. The van der Waals surface area contributed by atoms with E-state index >= 15 is 4.39 Å². The minimum absolute atomic E-state index is 0.0253. The molecule has 9 heteroatoms. The van der Waals surface area contributed by atoms with Gasteiger partial charge >= 0.3 is 0 Å². The fraction of sp³-hybridized carbons (Fsp3) is 0.138. The number of nitrogens with zero attached hydrogens (tertiary/aromatic N) is 1. The Labute approximate surface area is 221 Å². The molecule has 1 amide bonds. The van der Waals surface area contributed by atoms with Gasteiger partial charge in [0, 0.05) is 24.6 Å². The first kappa shape index (κ1) is 27.0. The molecule has 5 N–H and O–H groups in total. The van der Waals surface area contributed by atoms with Crippen LogP contribution in [0.3, 0.4) is 0 Å². The number of halogens is 1. The minimum atomic E-state index is -3.52. The molecule has 0 radical (unpaired) electrons. The zero-order valence-corrected chi connectivity index (χ0v) is 21.8. The lowest BCUT2D eigenvalue weighted by molar-refractivity contribution is -0.117. The van der Waals surface area contributed by atoms with E-state index in [1.54, 1.807) is 48.3 Å². The first-order valence-corrected chi connectivity index (χ1v) is 13.7. The molecule has 0 bridgehead atoms. The number of amides is 1. The summed E-state index contributed by atoms with van der Waals surface area (Å²) in [5.74, 6) is -1.14.